The molecule has 5 nitrogen and oxygen atoms in total. The van der Waals surface area contributed by atoms with Gasteiger partial charge in [0.15, 0.2) is 0 Å². The first-order valence-corrected chi connectivity index (χ1v) is 4.31. The van der Waals surface area contributed by atoms with Crippen molar-refractivity contribution >= 4 is 17.7 Å². The van der Waals surface area contributed by atoms with Crippen LogP contribution < -0.4 is 0 Å². The number of esters is 2. The van der Waals surface area contributed by atoms with E-state index in [0.29, 0.717) is 12.8 Å². The van der Waals surface area contributed by atoms with Crippen LogP contribution in [0.1, 0.15) is 33.1 Å². The van der Waals surface area contributed by atoms with Crippen molar-refractivity contribution in [3.8, 4) is 0 Å². The van der Waals surface area contributed by atoms with Crippen LogP contribution >= 0.6 is 0 Å². The fourth-order valence-corrected chi connectivity index (χ4v) is 0.732. The molecule has 0 unspecified atom stereocenters. The van der Waals surface area contributed by atoms with E-state index in [4.69, 9.17) is 0 Å². The summed E-state index contributed by atoms with van der Waals surface area (Å²) in [7, 11) is 0. The molecule has 0 fully saturated rings. The van der Waals surface area contributed by atoms with Crippen molar-refractivity contribution in [3.05, 3.63) is 0 Å². The number of hydrogen-bond donors (Lipinski definition) is 0. The van der Waals surface area contributed by atoms with Crippen LogP contribution in [0.5, 0.6) is 0 Å². The van der Waals surface area contributed by atoms with Gasteiger partial charge in [-0.05, 0) is 13.3 Å². The predicted octanol–water partition coefficient (Wildman–Crippen LogP) is 0.809. The zero-order valence-corrected chi connectivity index (χ0v) is 8.37. The molecule has 0 spiro atoms. The predicted molar refractivity (Wildman–Crippen MR) is 47.3 cm³/mol. The minimum Gasteiger partial charge on any atom is -0.428 e. The van der Waals surface area contributed by atoms with E-state index >= 15 is 0 Å². The van der Waals surface area contributed by atoms with E-state index in [1.54, 1.807) is 0 Å². The smallest absolute Gasteiger partial charge is 0.308 e. The van der Waals surface area contributed by atoms with Crippen LogP contribution in [-0.2, 0) is 23.9 Å². The fraction of sp³-hybridized carbons (Fsp3) is 0.667. The highest BCUT2D eigenvalue weighted by Crippen LogP contribution is 1.98. The Morgan fingerprint density at radius 2 is 1.64 bits per heavy atom. The summed E-state index contributed by atoms with van der Waals surface area (Å²) in [5.41, 5.74) is 0. The minimum absolute atomic E-state index is 0.0396. The lowest BCUT2D eigenvalue weighted by Gasteiger charge is -2.03. The molecule has 0 amide bonds. The van der Waals surface area contributed by atoms with Gasteiger partial charge in [0.05, 0.1) is 0 Å². The molecule has 0 aromatic rings. The molecule has 0 N–H and O–H groups in total. The molecule has 0 atom stereocenters. The van der Waals surface area contributed by atoms with Crippen LogP contribution in [0.15, 0.2) is 0 Å². The third-order valence-corrected chi connectivity index (χ3v) is 1.39. The largest absolute Gasteiger partial charge is 0.428 e. The summed E-state index contributed by atoms with van der Waals surface area (Å²) in [5.74, 6) is -0.924. The molecular formula is C9H14O5. The molecule has 0 aliphatic heterocycles. The molecule has 0 heterocycles. The van der Waals surface area contributed by atoms with Crippen molar-refractivity contribution in [1.29, 1.82) is 0 Å². The van der Waals surface area contributed by atoms with Gasteiger partial charge in [-0.15, -0.1) is 0 Å². The third kappa shape index (κ3) is 8.70. The summed E-state index contributed by atoms with van der Waals surface area (Å²) in [6.07, 6.45) is 0.998. The topological polar surface area (TPSA) is 69.7 Å². The van der Waals surface area contributed by atoms with Gasteiger partial charge in [0.2, 0.25) is 6.79 Å². The van der Waals surface area contributed by atoms with Gasteiger partial charge in [-0.3, -0.25) is 9.59 Å². The van der Waals surface area contributed by atoms with Gasteiger partial charge < -0.3 is 14.3 Å². The molecule has 0 aromatic carbocycles. The number of Topliss-reactive ketones (excluding diaryl/α,β-unsaturated/α-hetero) is 1. The maximum Gasteiger partial charge on any atom is 0.308 e. The summed E-state index contributed by atoms with van der Waals surface area (Å²) in [6.45, 7) is 2.34. The lowest BCUT2D eigenvalue weighted by Crippen LogP contribution is -2.10. The normalized spacial score (nSPS) is 9.29. The lowest BCUT2D eigenvalue weighted by molar-refractivity contribution is -0.165. The Bertz CT molecular complexity index is 199. The van der Waals surface area contributed by atoms with Crippen molar-refractivity contribution in [3.63, 3.8) is 0 Å². The van der Waals surface area contributed by atoms with Crippen molar-refractivity contribution in [2.75, 3.05) is 6.79 Å². The molecule has 14 heavy (non-hydrogen) atoms. The summed E-state index contributed by atoms with van der Waals surface area (Å²) in [6, 6.07) is 0. The van der Waals surface area contributed by atoms with Crippen molar-refractivity contribution in [2.45, 2.75) is 33.1 Å². The molecule has 0 bridgehead atoms. The number of rotatable bonds is 6. The average Bonchev–Trinajstić information content (AvgIpc) is 2.02. The Morgan fingerprint density at radius 1 is 1.00 bits per heavy atom. The molecule has 5 heteroatoms. The Morgan fingerprint density at radius 3 is 2.14 bits per heavy atom. The van der Waals surface area contributed by atoms with Gasteiger partial charge in [0.1, 0.15) is 5.78 Å². The summed E-state index contributed by atoms with van der Waals surface area (Å²) >= 11 is 0. The highest BCUT2D eigenvalue weighted by Gasteiger charge is 2.04. The number of carbonyl (C=O) groups excluding carboxylic acids is 3. The van der Waals surface area contributed by atoms with E-state index in [0.717, 1.165) is 0 Å². The van der Waals surface area contributed by atoms with E-state index in [1.165, 1.54) is 13.8 Å². The van der Waals surface area contributed by atoms with Crippen LogP contribution in [0.2, 0.25) is 0 Å². The minimum atomic E-state index is -0.499. The van der Waals surface area contributed by atoms with Crippen LogP contribution in [0.4, 0.5) is 0 Å². The third-order valence-electron chi connectivity index (χ3n) is 1.39. The maximum atomic E-state index is 10.9. The first-order valence-electron chi connectivity index (χ1n) is 4.31. The lowest BCUT2D eigenvalue weighted by atomic mass is 10.2. The molecular weight excluding hydrogens is 188 g/mol. The zero-order chi connectivity index (χ0) is 11.0. The molecule has 0 saturated heterocycles. The van der Waals surface area contributed by atoms with Crippen LogP contribution in [0, 0.1) is 0 Å². The van der Waals surface area contributed by atoms with Gasteiger partial charge >= 0.3 is 11.9 Å². The molecule has 0 aliphatic rings. The Kier molecular flexibility index (Phi) is 6.36. The second-order valence-corrected chi connectivity index (χ2v) is 2.83. The SMILES string of the molecule is CC(=O)CCCC(=O)OCOC(C)=O. The summed E-state index contributed by atoms with van der Waals surface area (Å²) in [4.78, 5) is 31.7. The molecule has 0 radical (unpaired) electrons. The quantitative estimate of drug-likeness (QED) is 0.471. The highest BCUT2D eigenvalue weighted by atomic mass is 16.7. The number of hydrogen-bond acceptors (Lipinski definition) is 5. The van der Waals surface area contributed by atoms with E-state index in [9.17, 15) is 14.4 Å². The van der Waals surface area contributed by atoms with Crippen LogP contribution in [0.3, 0.4) is 0 Å². The van der Waals surface area contributed by atoms with Crippen molar-refractivity contribution in [1.82, 2.24) is 0 Å². The van der Waals surface area contributed by atoms with E-state index < -0.39 is 11.9 Å². The standard InChI is InChI=1S/C9H14O5/c1-7(10)4-3-5-9(12)14-6-13-8(2)11/h3-6H2,1-2H3. The first-order chi connectivity index (χ1) is 6.52. The van der Waals surface area contributed by atoms with E-state index in [1.807, 2.05) is 0 Å². The van der Waals surface area contributed by atoms with E-state index in [2.05, 4.69) is 9.47 Å². The molecule has 0 aliphatic carbocycles. The summed E-state index contributed by atoms with van der Waals surface area (Å²) < 4.78 is 8.93. The van der Waals surface area contributed by atoms with Crippen molar-refractivity contribution < 1.29 is 23.9 Å². The van der Waals surface area contributed by atoms with Gasteiger partial charge in [0.25, 0.3) is 0 Å². The molecule has 0 rings (SSSR count). The number of ether oxygens (including phenoxy) is 2. The Labute approximate surface area is 82.4 Å². The monoisotopic (exact) mass is 202 g/mol. The van der Waals surface area contributed by atoms with E-state index in [-0.39, 0.29) is 19.0 Å². The van der Waals surface area contributed by atoms with Crippen molar-refractivity contribution in [2.24, 2.45) is 0 Å². The first kappa shape index (κ1) is 12.6. The average molecular weight is 202 g/mol. The summed E-state index contributed by atoms with van der Waals surface area (Å²) in [5, 5.41) is 0. The van der Waals surface area contributed by atoms with Crippen LogP contribution in [-0.4, -0.2) is 24.5 Å². The maximum absolute atomic E-state index is 10.9. The fourth-order valence-electron chi connectivity index (χ4n) is 0.732. The Hall–Kier alpha value is -1.39. The van der Waals surface area contributed by atoms with Gasteiger partial charge in [0, 0.05) is 19.8 Å². The zero-order valence-electron chi connectivity index (χ0n) is 8.37. The molecule has 80 valence electrons. The number of carbonyl (C=O) groups is 3. The van der Waals surface area contributed by atoms with Gasteiger partial charge in [-0.1, -0.05) is 0 Å². The second kappa shape index (κ2) is 7.06. The van der Waals surface area contributed by atoms with Gasteiger partial charge in [-0.2, -0.15) is 0 Å². The number of ketones is 1. The molecule has 0 saturated carbocycles. The Balaban J connectivity index is 3.37. The van der Waals surface area contributed by atoms with Crippen LogP contribution in [0.25, 0.3) is 0 Å². The second-order valence-electron chi connectivity index (χ2n) is 2.83. The highest BCUT2D eigenvalue weighted by molar-refractivity contribution is 5.76. The molecule has 0 aromatic heterocycles. The van der Waals surface area contributed by atoms with Gasteiger partial charge in [-0.25, -0.2) is 0 Å².